The van der Waals surface area contributed by atoms with Gasteiger partial charge in [-0.1, -0.05) is 360 Å². The van der Waals surface area contributed by atoms with Gasteiger partial charge in [-0.2, -0.15) is 0 Å². The van der Waals surface area contributed by atoms with Gasteiger partial charge in [0.25, 0.3) is 0 Å². The van der Waals surface area contributed by atoms with Gasteiger partial charge in [0, 0.05) is 12.8 Å². The Morgan fingerprint density at radius 3 is 0.910 bits per heavy atom. The zero-order valence-electron chi connectivity index (χ0n) is 53.2. The van der Waals surface area contributed by atoms with Crippen molar-refractivity contribution in [2.75, 3.05) is 13.2 Å². The van der Waals surface area contributed by atoms with Crippen molar-refractivity contribution in [3.8, 4) is 0 Å². The zero-order chi connectivity index (χ0) is 56.4. The van der Waals surface area contributed by atoms with E-state index in [1.54, 1.807) is 0 Å². The number of allylic oxidation sites excluding steroid dienone is 2. The number of hydrogen-bond donors (Lipinski definition) is 3. The number of unbranched alkanes of at least 4 members (excludes halogenated alkanes) is 55. The quantitative estimate of drug-likeness (QED) is 0.0320. The molecule has 0 aromatic carbocycles. The number of ether oxygens (including phenoxy) is 1. The van der Waals surface area contributed by atoms with E-state index in [0.29, 0.717) is 25.9 Å². The zero-order valence-corrected chi connectivity index (χ0v) is 53.2. The van der Waals surface area contributed by atoms with Crippen molar-refractivity contribution in [1.29, 1.82) is 0 Å². The van der Waals surface area contributed by atoms with E-state index in [0.717, 1.165) is 38.5 Å². The van der Waals surface area contributed by atoms with E-state index in [9.17, 15) is 19.8 Å². The molecular formula is C72H141NO5. The van der Waals surface area contributed by atoms with Crippen molar-refractivity contribution in [3.63, 3.8) is 0 Å². The lowest BCUT2D eigenvalue weighted by Crippen LogP contribution is -2.45. The molecule has 0 fully saturated rings. The third-order valence-corrected chi connectivity index (χ3v) is 17.1. The summed E-state index contributed by atoms with van der Waals surface area (Å²) in [4.78, 5) is 24.6. The van der Waals surface area contributed by atoms with E-state index in [1.807, 2.05) is 0 Å². The first-order valence-electron chi connectivity index (χ1n) is 35.9. The molecule has 0 radical (unpaired) electrons. The highest BCUT2D eigenvalue weighted by Crippen LogP contribution is 2.19. The van der Waals surface area contributed by atoms with Crippen molar-refractivity contribution >= 4 is 11.9 Å². The number of aliphatic hydroxyl groups is 2. The molecule has 0 spiro atoms. The maximum absolute atomic E-state index is 12.5. The molecule has 0 heterocycles. The topological polar surface area (TPSA) is 95.9 Å². The SMILES string of the molecule is CCCCCCCCCCCCCCCCCCCCCCCCC(O)C(CO)NC(=O)CCCCCCCCC/C=C\CCCCCCCCCCCCCCOC(=O)CCCCCCCCCCCCCCCCCC. The number of esters is 1. The Bertz CT molecular complexity index is 1180. The monoisotopic (exact) mass is 1100 g/mol. The minimum Gasteiger partial charge on any atom is -0.466 e. The Labute approximate surface area is 489 Å². The summed E-state index contributed by atoms with van der Waals surface area (Å²) in [5, 5.41) is 23.4. The molecule has 0 aromatic rings. The lowest BCUT2D eigenvalue weighted by molar-refractivity contribution is -0.143. The van der Waals surface area contributed by atoms with Crippen LogP contribution in [0.25, 0.3) is 0 Å². The molecule has 3 N–H and O–H groups in total. The second-order valence-corrected chi connectivity index (χ2v) is 24.9. The van der Waals surface area contributed by atoms with E-state index in [4.69, 9.17) is 4.74 Å². The number of carbonyl (C=O) groups is 2. The van der Waals surface area contributed by atoms with Crippen LogP contribution in [0.3, 0.4) is 0 Å². The minimum atomic E-state index is -0.669. The van der Waals surface area contributed by atoms with E-state index in [-0.39, 0.29) is 18.5 Å². The first-order valence-corrected chi connectivity index (χ1v) is 35.9. The second kappa shape index (κ2) is 68.1. The number of hydrogen-bond acceptors (Lipinski definition) is 5. The average molecular weight is 1100 g/mol. The summed E-state index contributed by atoms with van der Waals surface area (Å²) in [7, 11) is 0. The third kappa shape index (κ3) is 63.8. The molecule has 0 saturated heterocycles. The van der Waals surface area contributed by atoms with Crippen LogP contribution in [0.4, 0.5) is 0 Å². The van der Waals surface area contributed by atoms with Crippen LogP contribution >= 0.6 is 0 Å². The van der Waals surface area contributed by atoms with Crippen LogP contribution in [0, 0.1) is 0 Å². The first kappa shape index (κ1) is 76.6. The number of carbonyl (C=O) groups excluding carboxylic acids is 2. The summed E-state index contributed by atoms with van der Waals surface area (Å²) in [5.41, 5.74) is 0. The average Bonchev–Trinajstić information content (AvgIpc) is 3.44. The van der Waals surface area contributed by atoms with E-state index in [1.165, 1.54) is 340 Å². The predicted octanol–water partition coefficient (Wildman–Crippen LogP) is 23.1. The largest absolute Gasteiger partial charge is 0.466 e. The molecule has 0 rings (SSSR count). The van der Waals surface area contributed by atoms with Crippen LogP contribution in [0.15, 0.2) is 12.2 Å². The van der Waals surface area contributed by atoms with Gasteiger partial charge in [-0.05, 0) is 51.4 Å². The first-order chi connectivity index (χ1) is 38.5. The summed E-state index contributed by atoms with van der Waals surface area (Å²) in [6.07, 6.45) is 84.0. The Morgan fingerprint density at radius 1 is 0.346 bits per heavy atom. The van der Waals surface area contributed by atoms with Gasteiger partial charge in [0.1, 0.15) is 0 Å². The molecule has 2 unspecified atom stereocenters. The Morgan fingerprint density at radius 2 is 0.603 bits per heavy atom. The maximum Gasteiger partial charge on any atom is 0.305 e. The van der Waals surface area contributed by atoms with E-state index < -0.39 is 12.1 Å². The van der Waals surface area contributed by atoms with Crippen molar-refractivity contribution in [2.45, 2.75) is 424 Å². The van der Waals surface area contributed by atoms with Gasteiger partial charge in [0.2, 0.25) is 5.91 Å². The minimum absolute atomic E-state index is 0.0163. The number of nitrogens with one attached hydrogen (secondary N) is 1. The molecule has 0 aliphatic rings. The molecule has 0 bridgehead atoms. The Balaban J connectivity index is 3.39. The van der Waals surface area contributed by atoms with Crippen LogP contribution in [-0.4, -0.2) is 47.4 Å². The molecule has 78 heavy (non-hydrogen) atoms. The molecule has 1 amide bonds. The standard InChI is InChI=1S/C72H141NO5/c1-3-5-7-9-11-13-15-17-19-21-22-23-27-30-33-36-40-44-48-52-56-60-64-70(75)69(68-74)73-71(76)65-61-57-53-49-45-41-37-34-31-28-25-24-26-29-32-35-39-43-47-51-55-59-63-67-78-72(77)66-62-58-54-50-46-42-38-20-18-16-14-12-10-8-6-4-2/h28,31,69-70,74-75H,3-27,29-30,32-68H2,1-2H3,(H,73,76)/b31-28-. The number of aliphatic hydroxyl groups excluding tert-OH is 2. The van der Waals surface area contributed by atoms with Gasteiger partial charge in [-0.3, -0.25) is 9.59 Å². The fourth-order valence-corrected chi connectivity index (χ4v) is 11.6. The van der Waals surface area contributed by atoms with Crippen molar-refractivity contribution in [2.24, 2.45) is 0 Å². The van der Waals surface area contributed by atoms with Crippen molar-refractivity contribution < 1.29 is 24.5 Å². The van der Waals surface area contributed by atoms with Gasteiger partial charge in [-0.15, -0.1) is 0 Å². The summed E-state index contributed by atoms with van der Waals surface area (Å²) >= 11 is 0. The van der Waals surface area contributed by atoms with Crippen LogP contribution < -0.4 is 5.32 Å². The van der Waals surface area contributed by atoms with Crippen molar-refractivity contribution in [3.05, 3.63) is 12.2 Å². The smallest absolute Gasteiger partial charge is 0.305 e. The number of rotatable bonds is 68. The summed E-state index contributed by atoms with van der Waals surface area (Å²) in [5.74, 6) is -0.0199. The van der Waals surface area contributed by atoms with Crippen LogP contribution in [0.1, 0.15) is 412 Å². The van der Waals surface area contributed by atoms with Crippen LogP contribution in [-0.2, 0) is 14.3 Å². The third-order valence-electron chi connectivity index (χ3n) is 17.1. The van der Waals surface area contributed by atoms with Crippen LogP contribution in [0.5, 0.6) is 0 Å². The summed E-state index contributed by atoms with van der Waals surface area (Å²) in [6, 6.07) is -0.547. The summed E-state index contributed by atoms with van der Waals surface area (Å²) in [6.45, 7) is 5.00. The molecule has 0 aliphatic carbocycles. The lowest BCUT2D eigenvalue weighted by Gasteiger charge is -2.22. The molecule has 6 heteroatoms. The Kier molecular flexibility index (Phi) is 66.9. The van der Waals surface area contributed by atoms with Crippen molar-refractivity contribution in [1.82, 2.24) is 5.32 Å². The molecule has 0 aromatic heterocycles. The normalized spacial score (nSPS) is 12.5. The highest BCUT2D eigenvalue weighted by atomic mass is 16.5. The lowest BCUT2D eigenvalue weighted by atomic mass is 10.0. The highest BCUT2D eigenvalue weighted by Gasteiger charge is 2.20. The molecular weight excluding hydrogens is 959 g/mol. The molecule has 0 aliphatic heterocycles. The molecule has 464 valence electrons. The van der Waals surface area contributed by atoms with E-state index >= 15 is 0 Å². The van der Waals surface area contributed by atoms with Gasteiger partial charge in [0.15, 0.2) is 0 Å². The van der Waals surface area contributed by atoms with Gasteiger partial charge >= 0.3 is 5.97 Å². The van der Waals surface area contributed by atoms with E-state index in [2.05, 4.69) is 31.3 Å². The maximum atomic E-state index is 12.5. The fraction of sp³-hybridized carbons (Fsp3) is 0.944. The summed E-state index contributed by atoms with van der Waals surface area (Å²) < 4.78 is 5.50. The molecule has 2 atom stereocenters. The molecule has 6 nitrogen and oxygen atoms in total. The predicted molar refractivity (Wildman–Crippen MR) is 343 cm³/mol. The second-order valence-electron chi connectivity index (χ2n) is 24.9. The van der Waals surface area contributed by atoms with Crippen LogP contribution in [0.2, 0.25) is 0 Å². The Hall–Kier alpha value is -1.40. The fourth-order valence-electron chi connectivity index (χ4n) is 11.6. The van der Waals surface area contributed by atoms with Gasteiger partial charge in [0.05, 0.1) is 25.4 Å². The van der Waals surface area contributed by atoms with Gasteiger partial charge in [-0.25, -0.2) is 0 Å². The molecule has 0 saturated carbocycles. The van der Waals surface area contributed by atoms with Gasteiger partial charge < -0.3 is 20.3 Å². The highest BCUT2D eigenvalue weighted by molar-refractivity contribution is 5.76. The number of amides is 1.